The SMILES string of the molecule is C=CCOC(=O)C1=C(CI)CSC2C(N(C(C)=O)c3cccs3)C(=O)N12. The molecule has 0 spiro atoms. The summed E-state index contributed by atoms with van der Waals surface area (Å²) in [6.45, 7) is 5.09. The maximum atomic E-state index is 12.9. The molecule has 0 N–H and O–H groups in total. The number of hydrogen-bond donors (Lipinski definition) is 0. The number of rotatable bonds is 6. The van der Waals surface area contributed by atoms with Crippen molar-refractivity contribution in [3.8, 4) is 0 Å². The molecule has 6 nitrogen and oxygen atoms in total. The van der Waals surface area contributed by atoms with E-state index in [1.165, 1.54) is 34.1 Å². The Hall–Kier alpha value is -1.33. The van der Waals surface area contributed by atoms with Crippen LogP contribution in [-0.2, 0) is 19.1 Å². The number of β-lactam (4-membered cyclic amide) rings is 1. The number of ether oxygens (including phenoxy) is 1. The topological polar surface area (TPSA) is 66.9 Å². The molecule has 2 unspecified atom stereocenters. The molecule has 2 atom stereocenters. The molecular formula is C17H17IN2O4S2. The summed E-state index contributed by atoms with van der Waals surface area (Å²) in [7, 11) is 0. The zero-order valence-corrected chi connectivity index (χ0v) is 17.8. The van der Waals surface area contributed by atoms with Gasteiger partial charge < -0.3 is 4.74 Å². The lowest BCUT2D eigenvalue weighted by Gasteiger charge is -2.52. The van der Waals surface area contributed by atoms with Crippen molar-refractivity contribution in [2.24, 2.45) is 0 Å². The van der Waals surface area contributed by atoms with E-state index in [0.717, 1.165) is 10.6 Å². The minimum atomic E-state index is -0.603. The van der Waals surface area contributed by atoms with E-state index in [0.29, 0.717) is 15.9 Å². The molecule has 1 saturated heterocycles. The summed E-state index contributed by atoms with van der Waals surface area (Å²) in [5.41, 5.74) is 1.19. The van der Waals surface area contributed by atoms with Gasteiger partial charge in [-0.3, -0.25) is 19.4 Å². The van der Waals surface area contributed by atoms with Crippen molar-refractivity contribution < 1.29 is 19.1 Å². The lowest BCUT2D eigenvalue weighted by molar-refractivity contribution is -0.151. The number of thiophene rings is 1. The molecule has 0 radical (unpaired) electrons. The second-order valence-electron chi connectivity index (χ2n) is 5.67. The predicted octanol–water partition coefficient (Wildman–Crippen LogP) is 2.80. The molecule has 3 rings (SSSR count). The highest BCUT2D eigenvalue weighted by atomic mass is 127. The third kappa shape index (κ3) is 3.31. The van der Waals surface area contributed by atoms with Gasteiger partial charge in [0, 0.05) is 17.1 Å². The molecule has 0 saturated carbocycles. The molecule has 1 fully saturated rings. The summed E-state index contributed by atoms with van der Waals surface area (Å²) >= 11 is 5.16. The van der Waals surface area contributed by atoms with E-state index in [9.17, 15) is 14.4 Å². The highest BCUT2D eigenvalue weighted by Crippen LogP contribution is 2.44. The van der Waals surface area contributed by atoms with Gasteiger partial charge in [-0.2, -0.15) is 0 Å². The minimum Gasteiger partial charge on any atom is -0.457 e. The molecule has 26 heavy (non-hydrogen) atoms. The zero-order valence-electron chi connectivity index (χ0n) is 14.0. The molecule has 0 bridgehead atoms. The van der Waals surface area contributed by atoms with Crippen LogP contribution in [0.1, 0.15) is 6.92 Å². The molecule has 138 valence electrons. The Bertz CT molecular complexity index is 778. The first kappa shape index (κ1) is 19.4. The molecule has 2 aliphatic rings. The highest BCUT2D eigenvalue weighted by Gasteiger charge is 2.57. The van der Waals surface area contributed by atoms with Crippen LogP contribution >= 0.6 is 45.7 Å². The zero-order chi connectivity index (χ0) is 18.8. The Morgan fingerprint density at radius 2 is 2.31 bits per heavy atom. The number of hydrogen-bond acceptors (Lipinski definition) is 6. The smallest absolute Gasteiger partial charge is 0.355 e. The number of thioether (sulfide) groups is 1. The van der Waals surface area contributed by atoms with Crippen LogP contribution in [0.25, 0.3) is 0 Å². The number of carbonyl (C=O) groups is 3. The van der Waals surface area contributed by atoms with Gasteiger partial charge >= 0.3 is 5.97 Å². The third-order valence-electron chi connectivity index (χ3n) is 4.07. The largest absolute Gasteiger partial charge is 0.457 e. The van der Waals surface area contributed by atoms with Crippen LogP contribution in [0.2, 0.25) is 0 Å². The Balaban J connectivity index is 1.91. The molecule has 1 aromatic rings. The first-order valence-corrected chi connectivity index (χ1v) is 11.3. The van der Waals surface area contributed by atoms with Gasteiger partial charge in [-0.25, -0.2) is 4.79 Å². The van der Waals surface area contributed by atoms with E-state index in [4.69, 9.17) is 4.74 Å². The van der Waals surface area contributed by atoms with Gasteiger partial charge in [0.2, 0.25) is 5.91 Å². The predicted molar refractivity (Wildman–Crippen MR) is 111 cm³/mol. The number of halogens is 1. The quantitative estimate of drug-likeness (QED) is 0.196. The van der Waals surface area contributed by atoms with Crippen molar-refractivity contribution in [2.75, 3.05) is 21.7 Å². The van der Waals surface area contributed by atoms with Crippen molar-refractivity contribution in [3.63, 3.8) is 0 Å². The van der Waals surface area contributed by atoms with E-state index in [1.807, 2.05) is 17.5 Å². The average Bonchev–Trinajstić information content (AvgIpc) is 3.16. The van der Waals surface area contributed by atoms with Gasteiger partial charge in [0.05, 0.1) is 5.00 Å². The summed E-state index contributed by atoms with van der Waals surface area (Å²) in [5, 5.41) is 2.31. The summed E-state index contributed by atoms with van der Waals surface area (Å²) in [4.78, 5) is 40.7. The fraction of sp³-hybridized carbons (Fsp3) is 0.353. The van der Waals surface area contributed by atoms with E-state index < -0.39 is 12.0 Å². The van der Waals surface area contributed by atoms with Gasteiger partial charge in [0.15, 0.2) is 0 Å². The van der Waals surface area contributed by atoms with Crippen molar-refractivity contribution in [2.45, 2.75) is 18.3 Å². The van der Waals surface area contributed by atoms with Gasteiger partial charge in [0.25, 0.3) is 5.91 Å². The molecule has 0 aromatic carbocycles. The lowest BCUT2D eigenvalue weighted by Crippen LogP contribution is -2.71. The lowest BCUT2D eigenvalue weighted by atomic mass is 10.0. The van der Waals surface area contributed by atoms with Crippen LogP contribution in [0.5, 0.6) is 0 Å². The van der Waals surface area contributed by atoms with Crippen LogP contribution in [-0.4, -0.2) is 50.9 Å². The van der Waals surface area contributed by atoms with E-state index >= 15 is 0 Å². The summed E-state index contributed by atoms with van der Waals surface area (Å²) in [6, 6.07) is 3.06. The number of anilines is 1. The van der Waals surface area contributed by atoms with Crippen molar-refractivity contribution >= 4 is 68.5 Å². The average molecular weight is 504 g/mol. The van der Waals surface area contributed by atoms with Gasteiger partial charge in [-0.1, -0.05) is 35.2 Å². The van der Waals surface area contributed by atoms with E-state index in [-0.39, 0.29) is 23.8 Å². The summed E-state index contributed by atoms with van der Waals surface area (Å²) in [6.07, 6.45) is 1.49. The molecule has 1 aromatic heterocycles. The molecule has 9 heteroatoms. The van der Waals surface area contributed by atoms with E-state index in [1.54, 1.807) is 11.8 Å². The van der Waals surface area contributed by atoms with Gasteiger partial charge in [0.1, 0.15) is 23.7 Å². The van der Waals surface area contributed by atoms with E-state index in [2.05, 4.69) is 29.2 Å². The van der Waals surface area contributed by atoms with Crippen LogP contribution in [0, 0.1) is 0 Å². The Morgan fingerprint density at radius 1 is 1.54 bits per heavy atom. The number of fused-ring (bicyclic) bond motifs is 1. The Morgan fingerprint density at radius 3 is 2.88 bits per heavy atom. The molecule has 2 amide bonds. The van der Waals surface area contributed by atoms with Crippen molar-refractivity contribution in [1.82, 2.24) is 4.90 Å². The number of esters is 1. The summed E-state index contributed by atoms with van der Waals surface area (Å²) in [5.74, 6) is -0.328. The van der Waals surface area contributed by atoms with Gasteiger partial charge in [-0.05, 0) is 23.1 Å². The highest BCUT2D eigenvalue weighted by molar-refractivity contribution is 14.1. The molecular weight excluding hydrogens is 487 g/mol. The van der Waals surface area contributed by atoms with Crippen LogP contribution in [0.3, 0.4) is 0 Å². The second kappa shape index (κ2) is 8.13. The van der Waals surface area contributed by atoms with Crippen LogP contribution in [0.15, 0.2) is 41.4 Å². The Kier molecular flexibility index (Phi) is 6.08. The fourth-order valence-electron chi connectivity index (χ4n) is 2.96. The van der Waals surface area contributed by atoms with Crippen molar-refractivity contribution in [3.05, 3.63) is 41.4 Å². The maximum Gasteiger partial charge on any atom is 0.355 e. The second-order valence-corrected chi connectivity index (χ2v) is 8.46. The number of nitrogens with zero attached hydrogens (tertiary/aromatic N) is 2. The minimum absolute atomic E-state index is 0.0922. The molecule has 0 aliphatic carbocycles. The molecule has 2 aliphatic heterocycles. The fourth-order valence-corrected chi connectivity index (χ4v) is 6.15. The van der Waals surface area contributed by atoms with Crippen molar-refractivity contribution in [1.29, 1.82) is 0 Å². The maximum absolute atomic E-state index is 12.9. The number of amides is 2. The Labute approximate surface area is 173 Å². The van der Waals surface area contributed by atoms with Crippen LogP contribution < -0.4 is 4.90 Å². The van der Waals surface area contributed by atoms with Crippen LogP contribution in [0.4, 0.5) is 5.00 Å². The standard InChI is InChI=1S/C17H17IN2O4S2/c1-3-6-24-17(23)13-11(8-18)9-26-16-14(15(22)20(13)16)19(10(2)21)12-5-4-7-25-12/h3-5,7,14,16H,1,6,8-9H2,2H3. The third-order valence-corrected chi connectivity index (χ3v) is 7.18. The number of alkyl halides is 1. The monoisotopic (exact) mass is 504 g/mol. The van der Waals surface area contributed by atoms with Gasteiger partial charge in [-0.15, -0.1) is 23.1 Å². The summed E-state index contributed by atoms with van der Waals surface area (Å²) < 4.78 is 5.81. The number of carbonyl (C=O) groups excluding carboxylic acids is 3. The normalized spacial score (nSPS) is 21.8. The molecule has 3 heterocycles. The first-order chi connectivity index (χ1) is 12.5. The first-order valence-electron chi connectivity index (χ1n) is 7.85.